The highest BCUT2D eigenvalue weighted by atomic mass is 16.5. The van der Waals surface area contributed by atoms with Gasteiger partial charge in [-0.3, -0.25) is 4.79 Å². The van der Waals surface area contributed by atoms with Crippen LogP contribution in [0.25, 0.3) is 10.8 Å². The molecule has 1 aliphatic rings. The van der Waals surface area contributed by atoms with E-state index < -0.39 is 0 Å². The summed E-state index contributed by atoms with van der Waals surface area (Å²) in [5.41, 5.74) is 3.13. The topological polar surface area (TPSA) is 42.0 Å². The van der Waals surface area contributed by atoms with E-state index in [-0.39, 0.29) is 5.91 Å². The Bertz CT molecular complexity index is 1130. The molecular formula is C28H34N2O3. The molecule has 3 aromatic carbocycles. The first-order valence-corrected chi connectivity index (χ1v) is 11.7. The maximum atomic E-state index is 13.1. The van der Waals surface area contributed by atoms with E-state index in [1.54, 1.807) is 14.2 Å². The summed E-state index contributed by atoms with van der Waals surface area (Å²) in [7, 11) is 5.40. The van der Waals surface area contributed by atoms with Crippen molar-refractivity contribution >= 4 is 16.7 Å². The van der Waals surface area contributed by atoms with Gasteiger partial charge in [-0.2, -0.15) is 0 Å². The molecule has 0 N–H and O–H groups in total. The Balaban J connectivity index is 1.31. The second kappa shape index (κ2) is 10.3. The van der Waals surface area contributed by atoms with Crippen LogP contribution in [0.2, 0.25) is 0 Å². The highest BCUT2D eigenvalue weighted by Gasteiger charge is 2.26. The predicted octanol–water partition coefficient (Wildman–Crippen LogP) is 4.81. The van der Waals surface area contributed by atoms with Crippen LogP contribution >= 0.6 is 0 Å². The van der Waals surface area contributed by atoms with E-state index in [1.807, 2.05) is 17.0 Å². The SMILES string of the molecule is COc1cc2c(cc1OC)C(=O)N(CCCN(C)C(C)Cc1ccc3ccccc3c1)CC2. The average molecular weight is 447 g/mol. The third-order valence-electron chi connectivity index (χ3n) is 6.81. The molecule has 1 heterocycles. The molecule has 1 unspecified atom stereocenters. The number of ether oxygens (including phenoxy) is 2. The molecule has 1 aliphatic heterocycles. The number of likely N-dealkylation sites (N-methyl/N-ethyl adjacent to an activating group) is 1. The van der Waals surface area contributed by atoms with E-state index >= 15 is 0 Å². The number of fused-ring (bicyclic) bond motifs is 2. The lowest BCUT2D eigenvalue weighted by atomic mass is 9.98. The van der Waals surface area contributed by atoms with Gasteiger partial charge >= 0.3 is 0 Å². The molecule has 0 bridgehead atoms. The molecule has 3 aromatic rings. The van der Waals surface area contributed by atoms with Crippen LogP contribution in [0.1, 0.15) is 34.8 Å². The van der Waals surface area contributed by atoms with Gasteiger partial charge in [0.2, 0.25) is 0 Å². The molecule has 5 heteroatoms. The van der Waals surface area contributed by atoms with E-state index in [0.29, 0.717) is 17.5 Å². The van der Waals surface area contributed by atoms with Gasteiger partial charge in [0.25, 0.3) is 5.91 Å². The Morgan fingerprint density at radius 3 is 2.48 bits per heavy atom. The van der Waals surface area contributed by atoms with Crippen LogP contribution in [0, 0.1) is 0 Å². The van der Waals surface area contributed by atoms with Crippen molar-refractivity contribution in [3.05, 3.63) is 71.3 Å². The largest absolute Gasteiger partial charge is 0.493 e. The van der Waals surface area contributed by atoms with E-state index in [9.17, 15) is 4.79 Å². The van der Waals surface area contributed by atoms with Gasteiger partial charge < -0.3 is 19.3 Å². The van der Waals surface area contributed by atoms with Crippen LogP contribution < -0.4 is 9.47 Å². The molecule has 0 fully saturated rings. The molecule has 0 saturated heterocycles. The number of methoxy groups -OCH3 is 2. The number of hydrogen-bond donors (Lipinski definition) is 0. The van der Waals surface area contributed by atoms with Crippen LogP contribution in [0.5, 0.6) is 11.5 Å². The number of rotatable bonds is 9. The zero-order valence-electron chi connectivity index (χ0n) is 20.1. The molecule has 0 saturated carbocycles. The van der Waals surface area contributed by atoms with E-state index in [0.717, 1.165) is 50.0 Å². The van der Waals surface area contributed by atoms with Crippen molar-refractivity contribution < 1.29 is 14.3 Å². The molecule has 1 amide bonds. The van der Waals surface area contributed by atoms with Crippen LogP contribution in [-0.4, -0.2) is 62.7 Å². The Labute approximate surface area is 196 Å². The monoisotopic (exact) mass is 446 g/mol. The zero-order valence-corrected chi connectivity index (χ0v) is 20.1. The van der Waals surface area contributed by atoms with Crippen LogP contribution in [0.4, 0.5) is 0 Å². The molecule has 0 spiro atoms. The zero-order chi connectivity index (χ0) is 23.4. The summed E-state index contributed by atoms with van der Waals surface area (Å²) in [6, 6.07) is 19.4. The first-order chi connectivity index (χ1) is 16.0. The molecule has 0 aliphatic carbocycles. The van der Waals surface area contributed by atoms with Gasteiger partial charge in [-0.05, 0) is 73.8 Å². The Hall–Kier alpha value is -3.05. The summed E-state index contributed by atoms with van der Waals surface area (Å²) in [5.74, 6) is 1.37. The normalized spacial score (nSPS) is 14.5. The quantitative estimate of drug-likeness (QED) is 0.473. The van der Waals surface area contributed by atoms with Gasteiger partial charge in [0.15, 0.2) is 11.5 Å². The molecule has 0 aromatic heterocycles. The Morgan fingerprint density at radius 1 is 1.00 bits per heavy atom. The van der Waals surface area contributed by atoms with E-state index in [4.69, 9.17) is 9.47 Å². The number of amides is 1. The molecule has 4 rings (SSSR count). The second-order valence-corrected chi connectivity index (χ2v) is 8.98. The number of benzene rings is 3. The lowest BCUT2D eigenvalue weighted by Crippen LogP contribution is -2.40. The summed E-state index contributed by atoms with van der Waals surface area (Å²) in [6.45, 7) is 4.74. The van der Waals surface area contributed by atoms with E-state index in [2.05, 4.69) is 61.3 Å². The summed E-state index contributed by atoms with van der Waals surface area (Å²) >= 11 is 0. The highest BCUT2D eigenvalue weighted by Crippen LogP contribution is 2.33. The minimum Gasteiger partial charge on any atom is -0.493 e. The summed E-state index contributed by atoms with van der Waals surface area (Å²) in [6.07, 6.45) is 2.81. The van der Waals surface area contributed by atoms with Gasteiger partial charge in [-0.15, -0.1) is 0 Å². The van der Waals surface area contributed by atoms with Gasteiger partial charge in [-0.25, -0.2) is 0 Å². The molecule has 174 valence electrons. The minimum atomic E-state index is 0.0871. The number of carbonyl (C=O) groups is 1. The fourth-order valence-electron chi connectivity index (χ4n) is 4.66. The first kappa shape index (κ1) is 23.1. The van der Waals surface area contributed by atoms with Crippen molar-refractivity contribution in [2.75, 3.05) is 40.9 Å². The van der Waals surface area contributed by atoms with Crippen molar-refractivity contribution in [1.29, 1.82) is 0 Å². The van der Waals surface area contributed by atoms with Crippen LogP contribution in [0.15, 0.2) is 54.6 Å². The second-order valence-electron chi connectivity index (χ2n) is 8.98. The molecule has 0 radical (unpaired) electrons. The van der Waals surface area contributed by atoms with Gasteiger partial charge in [0, 0.05) is 24.7 Å². The average Bonchev–Trinajstić information content (AvgIpc) is 2.84. The Morgan fingerprint density at radius 2 is 1.73 bits per heavy atom. The van der Waals surface area contributed by atoms with Crippen molar-refractivity contribution in [3.63, 3.8) is 0 Å². The maximum absolute atomic E-state index is 13.1. The van der Waals surface area contributed by atoms with Crippen LogP contribution in [0.3, 0.4) is 0 Å². The summed E-state index contributed by atoms with van der Waals surface area (Å²) in [5, 5.41) is 2.58. The predicted molar refractivity (Wildman–Crippen MR) is 134 cm³/mol. The minimum absolute atomic E-state index is 0.0871. The molecule has 33 heavy (non-hydrogen) atoms. The van der Waals surface area contributed by atoms with Gasteiger partial charge in [-0.1, -0.05) is 42.5 Å². The summed E-state index contributed by atoms with van der Waals surface area (Å²) in [4.78, 5) is 17.4. The molecule has 5 nitrogen and oxygen atoms in total. The lowest BCUT2D eigenvalue weighted by Gasteiger charge is -2.31. The smallest absolute Gasteiger partial charge is 0.254 e. The fourth-order valence-corrected chi connectivity index (χ4v) is 4.66. The third kappa shape index (κ3) is 5.14. The van der Waals surface area contributed by atoms with Crippen LogP contribution in [-0.2, 0) is 12.8 Å². The van der Waals surface area contributed by atoms with Crippen molar-refractivity contribution in [1.82, 2.24) is 9.80 Å². The Kier molecular flexibility index (Phi) is 7.19. The van der Waals surface area contributed by atoms with E-state index in [1.165, 1.54) is 16.3 Å². The first-order valence-electron chi connectivity index (χ1n) is 11.7. The number of hydrogen-bond acceptors (Lipinski definition) is 4. The third-order valence-corrected chi connectivity index (χ3v) is 6.81. The van der Waals surface area contributed by atoms with Crippen molar-refractivity contribution in [2.45, 2.75) is 32.2 Å². The number of nitrogens with zero attached hydrogens (tertiary/aromatic N) is 2. The van der Waals surface area contributed by atoms with Crippen molar-refractivity contribution in [3.8, 4) is 11.5 Å². The standard InChI is InChI=1S/C28H34N2O3/c1-20(16-21-10-11-22-8-5-6-9-23(22)17-21)29(2)13-7-14-30-15-12-24-18-26(32-3)27(33-4)19-25(24)28(30)31/h5-6,8-11,17-20H,7,12-16H2,1-4H3. The van der Waals surface area contributed by atoms with Crippen molar-refractivity contribution in [2.24, 2.45) is 0 Å². The highest BCUT2D eigenvalue weighted by molar-refractivity contribution is 5.97. The summed E-state index contributed by atoms with van der Waals surface area (Å²) < 4.78 is 10.8. The lowest BCUT2D eigenvalue weighted by molar-refractivity contribution is 0.0730. The van der Waals surface area contributed by atoms with Gasteiger partial charge in [0.1, 0.15) is 0 Å². The van der Waals surface area contributed by atoms with Gasteiger partial charge in [0.05, 0.1) is 14.2 Å². The fraction of sp³-hybridized carbons (Fsp3) is 0.393. The maximum Gasteiger partial charge on any atom is 0.254 e. The number of carbonyl (C=O) groups excluding carboxylic acids is 1. The molecular weight excluding hydrogens is 412 g/mol. The molecule has 1 atom stereocenters.